The van der Waals surface area contributed by atoms with E-state index in [1.165, 1.54) is 50.8 Å². The smallest absolute Gasteiger partial charge is 0.177 e. The van der Waals surface area contributed by atoms with Gasteiger partial charge in [-0.15, -0.1) is 0 Å². The van der Waals surface area contributed by atoms with E-state index >= 15 is 0 Å². The maximum Gasteiger partial charge on any atom is 0.177 e. The molecule has 0 amide bonds. The number of hydrogen-bond acceptors (Lipinski definition) is 2. The zero-order valence-corrected chi connectivity index (χ0v) is 11.3. The predicted octanol–water partition coefficient (Wildman–Crippen LogP) is 4.03. The van der Waals surface area contributed by atoms with E-state index in [1.54, 1.807) is 0 Å². The minimum Gasteiger partial charge on any atom is -0.340 e. The second-order valence-corrected chi connectivity index (χ2v) is 6.31. The lowest BCUT2D eigenvalue weighted by molar-refractivity contribution is 0.153. The summed E-state index contributed by atoms with van der Waals surface area (Å²) in [5.41, 5.74) is 1.96. The highest BCUT2D eigenvalue weighted by atomic mass is 15.0. The van der Waals surface area contributed by atoms with Gasteiger partial charge in [0.05, 0.1) is 5.52 Å². The summed E-state index contributed by atoms with van der Waals surface area (Å²) in [4.78, 5) is 12.5. The van der Waals surface area contributed by atoms with Crippen molar-refractivity contribution in [3.63, 3.8) is 0 Å². The average Bonchev–Trinajstić information content (AvgIpc) is 2.90. The molecule has 2 saturated carbocycles. The molecule has 100 valence electrons. The van der Waals surface area contributed by atoms with E-state index in [4.69, 9.17) is 4.98 Å². The second kappa shape index (κ2) is 4.62. The fraction of sp³-hybridized carbons (Fsp3) is 0.625. The third-order valence-electron chi connectivity index (χ3n) is 5.20. The van der Waals surface area contributed by atoms with Gasteiger partial charge in [0.25, 0.3) is 0 Å². The number of H-pyrrole nitrogens is 1. The Labute approximate surface area is 113 Å². The van der Waals surface area contributed by atoms with Crippen LogP contribution in [0.4, 0.5) is 0 Å². The molecule has 0 saturated heterocycles. The summed E-state index contributed by atoms with van der Waals surface area (Å²) in [5, 5.41) is 0. The standard InChI is InChI=1S/C16H21N3/c1-2-5-12-10-13(8-7-11(12)4-1)15-18-14-6-3-9-17-16(14)19-15/h3,6,9,11-13H,1-2,4-5,7-8,10H2,(H,17,18,19). The Bertz CT molecular complexity index is 541. The molecule has 4 rings (SSSR count). The zero-order valence-electron chi connectivity index (χ0n) is 11.3. The van der Waals surface area contributed by atoms with Gasteiger partial charge in [-0.3, -0.25) is 0 Å². The van der Waals surface area contributed by atoms with Gasteiger partial charge in [-0.2, -0.15) is 0 Å². The van der Waals surface area contributed by atoms with Gasteiger partial charge in [0.2, 0.25) is 0 Å². The quantitative estimate of drug-likeness (QED) is 0.835. The Morgan fingerprint density at radius 1 is 1.05 bits per heavy atom. The van der Waals surface area contributed by atoms with Crippen molar-refractivity contribution >= 4 is 11.2 Å². The summed E-state index contributed by atoms with van der Waals surface area (Å²) < 4.78 is 0. The number of nitrogens with zero attached hydrogens (tertiary/aromatic N) is 2. The average molecular weight is 255 g/mol. The first kappa shape index (κ1) is 11.4. The van der Waals surface area contributed by atoms with Crippen molar-refractivity contribution in [1.29, 1.82) is 0 Å². The largest absolute Gasteiger partial charge is 0.340 e. The first-order valence-corrected chi connectivity index (χ1v) is 7.71. The molecule has 2 aromatic heterocycles. The van der Waals surface area contributed by atoms with Crippen LogP contribution in [0.25, 0.3) is 11.2 Å². The number of fused-ring (bicyclic) bond motifs is 2. The molecule has 2 heterocycles. The molecule has 2 aromatic rings. The topological polar surface area (TPSA) is 41.6 Å². The minimum atomic E-state index is 0.633. The highest BCUT2D eigenvalue weighted by Crippen LogP contribution is 2.45. The van der Waals surface area contributed by atoms with Gasteiger partial charge in [0.1, 0.15) is 5.82 Å². The highest BCUT2D eigenvalue weighted by molar-refractivity contribution is 5.70. The summed E-state index contributed by atoms with van der Waals surface area (Å²) in [6.45, 7) is 0. The van der Waals surface area contributed by atoms with Gasteiger partial charge in [-0.25, -0.2) is 9.97 Å². The predicted molar refractivity (Wildman–Crippen MR) is 75.9 cm³/mol. The van der Waals surface area contributed by atoms with E-state index in [1.807, 2.05) is 12.3 Å². The molecule has 0 radical (unpaired) electrons. The zero-order chi connectivity index (χ0) is 12.7. The SMILES string of the molecule is c1cnc2nc(C3CCC4CCCCC4C3)[nH]c2c1. The van der Waals surface area contributed by atoms with Crippen molar-refractivity contribution in [3.05, 3.63) is 24.2 Å². The van der Waals surface area contributed by atoms with Crippen LogP contribution in [-0.4, -0.2) is 15.0 Å². The van der Waals surface area contributed by atoms with Crippen LogP contribution in [0.2, 0.25) is 0 Å². The molecule has 2 aliphatic carbocycles. The number of hydrogen-bond donors (Lipinski definition) is 1. The first-order chi connectivity index (χ1) is 9.40. The molecule has 1 N–H and O–H groups in total. The lowest BCUT2D eigenvalue weighted by atomic mass is 9.67. The number of nitrogens with one attached hydrogen (secondary N) is 1. The van der Waals surface area contributed by atoms with Crippen molar-refractivity contribution in [3.8, 4) is 0 Å². The molecule has 19 heavy (non-hydrogen) atoms. The van der Waals surface area contributed by atoms with Crippen LogP contribution in [-0.2, 0) is 0 Å². The Kier molecular flexibility index (Phi) is 2.78. The number of aromatic amines is 1. The molecule has 3 atom stereocenters. The fourth-order valence-electron chi connectivity index (χ4n) is 4.18. The van der Waals surface area contributed by atoms with Crippen LogP contribution in [0.3, 0.4) is 0 Å². The number of imidazole rings is 1. The summed E-state index contributed by atoms with van der Waals surface area (Å²) in [5.74, 6) is 3.77. The second-order valence-electron chi connectivity index (χ2n) is 6.31. The summed E-state index contributed by atoms with van der Waals surface area (Å²) in [6.07, 6.45) is 11.7. The van der Waals surface area contributed by atoms with Crippen LogP contribution in [0.5, 0.6) is 0 Å². The van der Waals surface area contributed by atoms with E-state index in [2.05, 4.69) is 16.0 Å². The van der Waals surface area contributed by atoms with E-state index in [0.29, 0.717) is 5.92 Å². The van der Waals surface area contributed by atoms with Gasteiger partial charge in [0, 0.05) is 12.1 Å². The van der Waals surface area contributed by atoms with Crippen molar-refractivity contribution in [2.75, 3.05) is 0 Å². The van der Waals surface area contributed by atoms with E-state index in [9.17, 15) is 0 Å². The van der Waals surface area contributed by atoms with Gasteiger partial charge in [-0.05, 0) is 43.2 Å². The lowest BCUT2D eigenvalue weighted by Crippen LogP contribution is -2.27. The van der Waals surface area contributed by atoms with Gasteiger partial charge >= 0.3 is 0 Å². The third kappa shape index (κ3) is 2.05. The summed E-state index contributed by atoms with van der Waals surface area (Å²) >= 11 is 0. The maximum atomic E-state index is 4.71. The first-order valence-electron chi connectivity index (χ1n) is 7.71. The van der Waals surface area contributed by atoms with Gasteiger partial charge < -0.3 is 4.98 Å². The third-order valence-corrected chi connectivity index (χ3v) is 5.20. The van der Waals surface area contributed by atoms with Crippen molar-refractivity contribution in [1.82, 2.24) is 15.0 Å². The molecule has 0 aliphatic heterocycles. The van der Waals surface area contributed by atoms with Crippen LogP contribution in [0.1, 0.15) is 56.7 Å². The van der Waals surface area contributed by atoms with Crippen molar-refractivity contribution < 1.29 is 0 Å². The molecule has 3 unspecified atom stereocenters. The van der Waals surface area contributed by atoms with Gasteiger partial charge in [-0.1, -0.05) is 25.7 Å². The van der Waals surface area contributed by atoms with Crippen LogP contribution < -0.4 is 0 Å². The monoisotopic (exact) mass is 255 g/mol. The Morgan fingerprint density at radius 3 is 2.84 bits per heavy atom. The van der Waals surface area contributed by atoms with Crippen LogP contribution >= 0.6 is 0 Å². The molecule has 0 aromatic carbocycles. The Morgan fingerprint density at radius 2 is 1.95 bits per heavy atom. The number of aromatic nitrogens is 3. The van der Waals surface area contributed by atoms with Gasteiger partial charge in [0.15, 0.2) is 5.65 Å². The minimum absolute atomic E-state index is 0.633. The molecule has 0 bridgehead atoms. The molecular weight excluding hydrogens is 234 g/mol. The molecular formula is C16H21N3. The van der Waals surface area contributed by atoms with Crippen LogP contribution in [0, 0.1) is 11.8 Å². The molecule has 2 aliphatic rings. The normalized spacial score (nSPS) is 31.3. The van der Waals surface area contributed by atoms with E-state index in [-0.39, 0.29) is 0 Å². The molecule has 2 fully saturated rings. The fourth-order valence-corrected chi connectivity index (χ4v) is 4.18. The highest BCUT2D eigenvalue weighted by Gasteiger charge is 2.33. The van der Waals surface area contributed by atoms with E-state index in [0.717, 1.165) is 23.0 Å². The van der Waals surface area contributed by atoms with Crippen LogP contribution in [0.15, 0.2) is 18.3 Å². The lowest BCUT2D eigenvalue weighted by Gasteiger charge is -2.38. The Hall–Kier alpha value is -1.38. The summed E-state index contributed by atoms with van der Waals surface area (Å²) in [6, 6.07) is 4.05. The maximum absolute atomic E-state index is 4.71. The van der Waals surface area contributed by atoms with E-state index < -0.39 is 0 Å². The van der Waals surface area contributed by atoms with Crippen molar-refractivity contribution in [2.45, 2.75) is 50.9 Å². The number of pyridine rings is 1. The molecule has 3 nitrogen and oxygen atoms in total. The van der Waals surface area contributed by atoms with Crippen molar-refractivity contribution in [2.24, 2.45) is 11.8 Å². The summed E-state index contributed by atoms with van der Waals surface area (Å²) in [7, 11) is 0. The number of rotatable bonds is 1. The molecule has 0 spiro atoms. The Balaban J connectivity index is 1.58. The molecule has 3 heteroatoms.